The van der Waals surface area contributed by atoms with Crippen LogP contribution in [0.1, 0.15) is 39.5 Å². The Morgan fingerprint density at radius 1 is 1.19 bits per heavy atom. The van der Waals surface area contributed by atoms with E-state index in [1.807, 2.05) is 12.1 Å². The van der Waals surface area contributed by atoms with Crippen LogP contribution < -0.4 is 15.5 Å². The minimum atomic E-state index is -0.0192. The Morgan fingerprint density at radius 3 is 2.33 bits per heavy atom. The molecule has 0 spiro atoms. The molecule has 2 unspecified atom stereocenters. The SMILES string of the molecule is CCNC1CC2CCC(C1)N2c1ccc(NC(C)=O)cc1. The second kappa shape index (κ2) is 6.06. The number of carbonyl (C=O) groups excluding carboxylic acids is 1. The van der Waals surface area contributed by atoms with Crippen LogP contribution in [0.4, 0.5) is 11.4 Å². The zero-order valence-electron chi connectivity index (χ0n) is 12.9. The summed E-state index contributed by atoms with van der Waals surface area (Å²) in [6.45, 7) is 4.80. The molecule has 2 fully saturated rings. The average Bonchev–Trinajstić information content (AvgIpc) is 2.71. The molecule has 1 aromatic carbocycles. The summed E-state index contributed by atoms with van der Waals surface area (Å²) >= 11 is 0. The molecular formula is C17H25N3O. The summed E-state index contributed by atoms with van der Waals surface area (Å²) in [7, 11) is 0. The minimum Gasteiger partial charge on any atom is -0.365 e. The zero-order chi connectivity index (χ0) is 14.8. The molecule has 2 heterocycles. The molecule has 114 valence electrons. The topological polar surface area (TPSA) is 44.4 Å². The maximum Gasteiger partial charge on any atom is 0.221 e. The van der Waals surface area contributed by atoms with Crippen LogP contribution in [-0.2, 0) is 4.79 Å². The third-order valence-corrected chi connectivity index (χ3v) is 4.71. The lowest BCUT2D eigenvalue weighted by Gasteiger charge is -2.41. The number of benzene rings is 1. The number of rotatable bonds is 4. The van der Waals surface area contributed by atoms with Gasteiger partial charge in [-0.25, -0.2) is 0 Å². The summed E-state index contributed by atoms with van der Waals surface area (Å²) in [4.78, 5) is 13.7. The number of amides is 1. The lowest BCUT2D eigenvalue weighted by Crippen LogP contribution is -2.49. The van der Waals surface area contributed by atoms with Gasteiger partial charge >= 0.3 is 0 Å². The lowest BCUT2D eigenvalue weighted by molar-refractivity contribution is -0.114. The average molecular weight is 287 g/mol. The standard InChI is InChI=1S/C17H25N3O/c1-3-18-14-10-16-8-9-17(11-14)20(16)15-6-4-13(5-7-15)19-12(2)21/h4-7,14,16-18H,3,8-11H2,1-2H3,(H,19,21). The fraction of sp³-hybridized carbons (Fsp3) is 0.588. The molecule has 21 heavy (non-hydrogen) atoms. The Labute approximate surface area is 126 Å². The van der Waals surface area contributed by atoms with E-state index in [1.54, 1.807) is 6.92 Å². The van der Waals surface area contributed by atoms with Crippen LogP contribution in [0, 0.1) is 0 Å². The predicted octanol–water partition coefficient (Wildman–Crippen LogP) is 2.75. The Bertz CT molecular complexity index is 485. The molecule has 2 aliphatic rings. The molecule has 0 aliphatic carbocycles. The summed E-state index contributed by atoms with van der Waals surface area (Å²) in [5.74, 6) is -0.0192. The third-order valence-electron chi connectivity index (χ3n) is 4.71. The van der Waals surface area contributed by atoms with Crippen LogP contribution in [0.25, 0.3) is 0 Å². The molecule has 2 bridgehead atoms. The van der Waals surface area contributed by atoms with Crippen molar-refractivity contribution in [3.63, 3.8) is 0 Å². The van der Waals surface area contributed by atoms with Gasteiger partial charge in [0, 0.05) is 36.4 Å². The largest absolute Gasteiger partial charge is 0.365 e. The first kappa shape index (κ1) is 14.4. The molecular weight excluding hydrogens is 262 g/mol. The van der Waals surface area contributed by atoms with Crippen molar-refractivity contribution in [1.82, 2.24) is 5.32 Å². The van der Waals surface area contributed by atoms with Crippen molar-refractivity contribution in [2.45, 2.75) is 57.7 Å². The van der Waals surface area contributed by atoms with Crippen molar-refractivity contribution in [2.75, 3.05) is 16.8 Å². The minimum absolute atomic E-state index is 0.0192. The van der Waals surface area contributed by atoms with E-state index in [4.69, 9.17) is 0 Å². The molecule has 4 nitrogen and oxygen atoms in total. The van der Waals surface area contributed by atoms with Crippen LogP contribution in [-0.4, -0.2) is 30.6 Å². The van der Waals surface area contributed by atoms with E-state index in [-0.39, 0.29) is 5.91 Å². The number of carbonyl (C=O) groups is 1. The van der Waals surface area contributed by atoms with E-state index >= 15 is 0 Å². The highest BCUT2D eigenvalue weighted by Gasteiger charge is 2.40. The highest BCUT2D eigenvalue weighted by Crippen LogP contribution is 2.39. The van der Waals surface area contributed by atoms with E-state index in [0.29, 0.717) is 18.1 Å². The lowest BCUT2D eigenvalue weighted by atomic mass is 9.96. The van der Waals surface area contributed by atoms with E-state index in [9.17, 15) is 4.79 Å². The third kappa shape index (κ3) is 3.05. The van der Waals surface area contributed by atoms with Crippen LogP contribution in [0.3, 0.4) is 0 Å². The molecule has 0 saturated carbocycles. The van der Waals surface area contributed by atoms with Crippen LogP contribution >= 0.6 is 0 Å². The second-order valence-electron chi connectivity index (χ2n) is 6.25. The Morgan fingerprint density at radius 2 is 1.81 bits per heavy atom. The van der Waals surface area contributed by atoms with Crippen molar-refractivity contribution < 1.29 is 4.79 Å². The number of piperidine rings is 1. The molecule has 2 aliphatic heterocycles. The number of nitrogens with zero attached hydrogens (tertiary/aromatic N) is 1. The van der Waals surface area contributed by atoms with Crippen LogP contribution in [0.5, 0.6) is 0 Å². The smallest absolute Gasteiger partial charge is 0.221 e. The number of anilines is 2. The highest BCUT2D eigenvalue weighted by molar-refractivity contribution is 5.88. The predicted molar refractivity (Wildman–Crippen MR) is 86.7 cm³/mol. The van der Waals surface area contributed by atoms with Crippen molar-refractivity contribution >= 4 is 17.3 Å². The number of hydrogen-bond donors (Lipinski definition) is 2. The van der Waals surface area contributed by atoms with Crippen molar-refractivity contribution in [3.8, 4) is 0 Å². The van der Waals surface area contributed by atoms with Crippen LogP contribution in [0.15, 0.2) is 24.3 Å². The molecule has 3 rings (SSSR count). The highest BCUT2D eigenvalue weighted by atomic mass is 16.1. The Balaban J connectivity index is 1.71. The molecule has 1 amide bonds. The van der Waals surface area contributed by atoms with Gasteiger partial charge in [0.2, 0.25) is 5.91 Å². The Hall–Kier alpha value is -1.55. The van der Waals surface area contributed by atoms with Gasteiger partial charge in [-0.2, -0.15) is 0 Å². The normalized spacial score (nSPS) is 27.7. The van der Waals surface area contributed by atoms with Gasteiger partial charge in [-0.05, 0) is 56.5 Å². The quantitative estimate of drug-likeness (QED) is 0.895. The van der Waals surface area contributed by atoms with Gasteiger partial charge < -0.3 is 15.5 Å². The van der Waals surface area contributed by atoms with Gasteiger partial charge in [-0.3, -0.25) is 4.79 Å². The van der Waals surface area contributed by atoms with Crippen LogP contribution in [0.2, 0.25) is 0 Å². The monoisotopic (exact) mass is 287 g/mol. The fourth-order valence-electron chi connectivity index (χ4n) is 3.97. The molecule has 2 saturated heterocycles. The second-order valence-corrected chi connectivity index (χ2v) is 6.25. The van der Waals surface area contributed by atoms with E-state index < -0.39 is 0 Å². The number of fused-ring (bicyclic) bond motifs is 2. The van der Waals surface area contributed by atoms with Gasteiger partial charge in [-0.15, -0.1) is 0 Å². The summed E-state index contributed by atoms with van der Waals surface area (Å²) in [5, 5.41) is 6.44. The first-order valence-electron chi connectivity index (χ1n) is 8.06. The first-order chi connectivity index (χ1) is 10.2. The van der Waals surface area contributed by atoms with Gasteiger partial charge in [0.1, 0.15) is 0 Å². The Kier molecular flexibility index (Phi) is 4.15. The van der Waals surface area contributed by atoms with Gasteiger partial charge in [0.25, 0.3) is 0 Å². The van der Waals surface area contributed by atoms with Gasteiger partial charge in [-0.1, -0.05) is 6.92 Å². The molecule has 4 heteroatoms. The molecule has 2 atom stereocenters. The molecule has 0 aromatic heterocycles. The van der Waals surface area contributed by atoms with Gasteiger partial charge in [0.05, 0.1) is 0 Å². The summed E-state index contributed by atoms with van der Waals surface area (Å²) in [6.07, 6.45) is 5.11. The molecule has 2 N–H and O–H groups in total. The van der Waals surface area contributed by atoms with Crippen molar-refractivity contribution in [1.29, 1.82) is 0 Å². The number of nitrogens with one attached hydrogen (secondary N) is 2. The zero-order valence-corrected chi connectivity index (χ0v) is 12.9. The van der Waals surface area contributed by atoms with E-state index in [2.05, 4.69) is 34.6 Å². The molecule has 0 radical (unpaired) electrons. The summed E-state index contributed by atoms with van der Waals surface area (Å²) in [5.41, 5.74) is 2.17. The number of hydrogen-bond acceptors (Lipinski definition) is 3. The maximum absolute atomic E-state index is 11.1. The van der Waals surface area contributed by atoms with Crippen molar-refractivity contribution in [2.24, 2.45) is 0 Å². The summed E-state index contributed by atoms with van der Waals surface area (Å²) < 4.78 is 0. The van der Waals surface area contributed by atoms with E-state index in [1.165, 1.54) is 31.4 Å². The van der Waals surface area contributed by atoms with Gasteiger partial charge in [0.15, 0.2) is 0 Å². The van der Waals surface area contributed by atoms with E-state index in [0.717, 1.165) is 12.2 Å². The van der Waals surface area contributed by atoms with Crippen molar-refractivity contribution in [3.05, 3.63) is 24.3 Å². The molecule has 1 aromatic rings. The summed E-state index contributed by atoms with van der Waals surface area (Å²) in [6, 6.07) is 10.3. The first-order valence-corrected chi connectivity index (χ1v) is 8.06. The fourth-order valence-corrected chi connectivity index (χ4v) is 3.97. The maximum atomic E-state index is 11.1.